The molecule has 0 aliphatic heterocycles. The molecule has 3 nitrogen and oxygen atoms in total. The molecule has 0 N–H and O–H groups in total. The van der Waals surface area contributed by atoms with E-state index in [9.17, 15) is 0 Å². The smallest absolute Gasteiger partial charge is 0.138 e. The van der Waals surface area contributed by atoms with E-state index in [1.54, 1.807) is 0 Å². The summed E-state index contributed by atoms with van der Waals surface area (Å²) in [5, 5.41) is 3.40. The Labute approximate surface area is 262 Å². The number of pyridine rings is 1. The first kappa shape index (κ1) is 26.7. The van der Waals surface area contributed by atoms with E-state index in [1.165, 1.54) is 0 Å². The SMILES string of the molecule is C=Cc1c(/C=C(\C)c2ccc3oc4ccccc4c3c2)c2ccccc2n1-c1cc(-c2ccccc2)cc(-c2ccccc2)n1. The molecule has 0 bridgehead atoms. The summed E-state index contributed by atoms with van der Waals surface area (Å²) in [5.41, 5.74) is 11.6. The van der Waals surface area contributed by atoms with E-state index in [4.69, 9.17) is 9.40 Å². The van der Waals surface area contributed by atoms with Gasteiger partial charge in [-0.3, -0.25) is 4.57 Å². The zero-order valence-electron chi connectivity index (χ0n) is 24.9. The Balaban J connectivity index is 1.33. The second kappa shape index (κ2) is 11.0. The van der Waals surface area contributed by atoms with Crippen molar-refractivity contribution in [2.75, 3.05) is 0 Å². The van der Waals surface area contributed by atoms with Crippen molar-refractivity contribution in [2.24, 2.45) is 0 Å². The van der Waals surface area contributed by atoms with Gasteiger partial charge in [0.1, 0.15) is 17.0 Å². The number of hydrogen-bond donors (Lipinski definition) is 0. The van der Waals surface area contributed by atoms with Crippen LogP contribution in [0.1, 0.15) is 23.7 Å². The standard InChI is InChI=1S/C42H30N2O/c1-3-38-35(24-28(2)31-22-23-41-36(25-31)34-19-11-13-21-40(34)45-41)33-18-10-12-20-39(33)44(38)42-27-32(29-14-6-4-7-15-29)26-37(43-42)30-16-8-5-9-17-30/h3-27H,1H2,2H3/b28-24+. The van der Waals surface area contributed by atoms with Gasteiger partial charge in [-0.25, -0.2) is 4.98 Å². The van der Waals surface area contributed by atoms with Gasteiger partial charge in [-0.15, -0.1) is 0 Å². The van der Waals surface area contributed by atoms with E-state index in [0.717, 1.165) is 83.4 Å². The number of fused-ring (bicyclic) bond motifs is 4. The van der Waals surface area contributed by atoms with Crippen molar-refractivity contribution < 1.29 is 4.42 Å². The summed E-state index contributed by atoms with van der Waals surface area (Å²) in [6.07, 6.45) is 4.23. The van der Waals surface area contributed by atoms with E-state index in [2.05, 4.69) is 139 Å². The third-order valence-corrected chi connectivity index (χ3v) is 8.56. The van der Waals surface area contributed by atoms with Crippen LogP contribution in [0.15, 0.2) is 151 Å². The normalized spacial score (nSPS) is 11.9. The predicted octanol–water partition coefficient (Wildman–Crippen LogP) is 11.5. The minimum absolute atomic E-state index is 0.852. The molecule has 5 aromatic carbocycles. The maximum Gasteiger partial charge on any atom is 0.138 e. The highest BCUT2D eigenvalue weighted by Crippen LogP contribution is 2.36. The van der Waals surface area contributed by atoms with Crippen molar-refractivity contribution in [1.82, 2.24) is 9.55 Å². The molecule has 0 unspecified atom stereocenters. The van der Waals surface area contributed by atoms with Gasteiger partial charge in [0.15, 0.2) is 0 Å². The average Bonchev–Trinajstić information content (AvgIpc) is 3.63. The lowest BCUT2D eigenvalue weighted by molar-refractivity contribution is 0.669. The molecule has 0 saturated carbocycles. The van der Waals surface area contributed by atoms with Gasteiger partial charge in [0, 0.05) is 27.3 Å². The molecule has 0 aliphatic carbocycles. The Kier molecular flexibility index (Phi) is 6.50. The third kappa shape index (κ3) is 4.66. The molecule has 0 amide bonds. The van der Waals surface area contributed by atoms with Crippen LogP contribution in [0.5, 0.6) is 0 Å². The number of rotatable bonds is 6. The summed E-state index contributed by atoms with van der Waals surface area (Å²) >= 11 is 0. The summed E-state index contributed by atoms with van der Waals surface area (Å²) in [4.78, 5) is 5.25. The van der Waals surface area contributed by atoms with Crippen molar-refractivity contribution in [3.05, 3.63) is 163 Å². The molecule has 3 aromatic heterocycles. The fraction of sp³-hybridized carbons (Fsp3) is 0.0238. The summed E-state index contributed by atoms with van der Waals surface area (Å²) < 4.78 is 8.34. The van der Waals surface area contributed by atoms with E-state index in [1.807, 2.05) is 30.3 Å². The van der Waals surface area contributed by atoms with Gasteiger partial charge in [0.25, 0.3) is 0 Å². The van der Waals surface area contributed by atoms with Gasteiger partial charge in [0.05, 0.1) is 16.9 Å². The van der Waals surface area contributed by atoms with Crippen molar-refractivity contribution >= 4 is 50.6 Å². The Morgan fingerprint density at radius 2 is 1.31 bits per heavy atom. The first-order valence-electron chi connectivity index (χ1n) is 15.2. The van der Waals surface area contributed by atoms with Crippen molar-refractivity contribution in [1.29, 1.82) is 0 Å². The lowest BCUT2D eigenvalue weighted by atomic mass is 10.0. The van der Waals surface area contributed by atoms with Gasteiger partial charge in [-0.2, -0.15) is 0 Å². The van der Waals surface area contributed by atoms with Crippen LogP contribution >= 0.6 is 0 Å². The topological polar surface area (TPSA) is 31.0 Å². The van der Waals surface area contributed by atoms with Gasteiger partial charge < -0.3 is 4.42 Å². The van der Waals surface area contributed by atoms with Crippen LogP contribution in [-0.4, -0.2) is 9.55 Å². The molecule has 0 spiro atoms. The number of aromatic nitrogens is 2. The van der Waals surface area contributed by atoms with Crippen LogP contribution in [0.2, 0.25) is 0 Å². The van der Waals surface area contributed by atoms with Crippen LogP contribution in [-0.2, 0) is 0 Å². The van der Waals surface area contributed by atoms with Crippen LogP contribution in [0.4, 0.5) is 0 Å². The second-order valence-corrected chi connectivity index (χ2v) is 11.3. The maximum atomic E-state index is 6.09. The number of allylic oxidation sites excluding steroid dienone is 1. The molecule has 3 heterocycles. The van der Waals surface area contributed by atoms with Gasteiger partial charge in [-0.1, -0.05) is 110 Å². The fourth-order valence-electron chi connectivity index (χ4n) is 6.34. The lowest BCUT2D eigenvalue weighted by Gasteiger charge is -2.13. The summed E-state index contributed by atoms with van der Waals surface area (Å²) in [6.45, 7) is 6.46. The number of nitrogens with zero attached hydrogens (tertiary/aromatic N) is 2. The Hall–Kier alpha value is -5.93. The molecule has 0 fully saturated rings. The minimum atomic E-state index is 0.852. The van der Waals surface area contributed by atoms with Crippen molar-refractivity contribution in [3.63, 3.8) is 0 Å². The molecule has 0 aliphatic rings. The van der Waals surface area contributed by atoms with Crippen molar-refractivity contribution in [3.8, 4) is 28.2 Å². The third-order valence-electron chi connectivity index (χ3n) is 8.56. The quantitative estimate of drug-likeness (QED) is 0.196. The molecule has 45 heavy (non-hydrogen) atoms. The molecule has 0 atom stereocenters. The molecule has 0 saturated heterocycles. The summed E-state index contributed by atoms with van der Waals surface area (Å²) in [6, 6.07) is 48.4. The van der Waals surface area contributed by atoms with E-state index in [-0.39, 0.29) is 0 Å². The Morgan fingerprint density at radius 1 is 0.644 bits per heavy atom. The van der Waals surface area contributed by atoms with Crippen molar-refractivity contribution in [2.45, 2.75) is 6.92 Å². The highest BCUT2D eigenvalue weighted by Gasteiger charge is 2.18. The monoisotopic (exact) mass is 578 g/mol. The number of para-hydroxylation sites is 2. The largest absolute Gasteiger partial charge is 0.456 e. The van der Waals surface area contributed by atoms with Gasteiger partial charge in [-0.05, 0) is 77.7 Å². The highest BCUT2D eigenvalue weighted by molar-refractivity contribution is 6.06. The first-order chi connectivity index (χ1) is 22.2. The molecule has 214 valence electrons. The molecular weight excluding hydrogens is 548 g/mol. The molecule has 8 rings (SSSR count). The molecule has 0 radical (unpaired) electrons. The Morgan fingerprint density at radius 3 is 2.09 bits per heavy atom. The highest BCUT2D eigenvalue weighted by atomic mass is 16.3. The maximum absolute atomic E-state index is 6.09. The summed E-state index contributed by atoms with van der Waals surface area (Å²) in [7, 11) is 0. The average molecular weight is 579 g/mol. The molecular formula is C42H30N2O. The lowest BCUT2D eigenvalue weighted by Crippen LogP contribution is -2.02. The zero-order valence-corrected chi connectivity index (χ0v) is 24.9. The predicted molar refractivity (Wildman–Crippen MR) is 189 cm³/mol. The van der Waals surface area contributed by atoms with Gasteiger partial charge >= 0.3 is 0 Å². The van der Waals surface area contributed by atoms with Crippen LogP contribution in [0.3, 0.4) is 0 Å². The van der Waals surface area contributed by atoms with Crippen LogP contribution in [0.25, 0.3) is 78.8 Å². The van der Waals surface area contributed by atoms with Gasteiger partial charge in [0.2, 0.25) is 0 Å². The fourth-order valence-corrected chi connectivity index (χ4v) is 6.34. The zero-order chi connectivity index (χ0) is 30.3. The first-order valence-corrected chi connectivity index (χ1v) is 15.2. The number of furan rings is 1. The molecule has 8 aromatic rings. The molecule has 3 heteroatoms. The van der Waals surface area contributed by atoms with E-state index in [0.29, 0.717) is 0 Å². The summed E-state index contributed by atoms with van der Waals surface area (Å²) in [5.74, 6) is 0.852. The van der Waals surface area contributed by atoms with Crippen LogP contribution in [0, 0.1) is 0 Å². The van der Waals surface area contributed by atoms with E-state index < -0.39 is 0 Å². The number of hydrogen-bond acceptors (Lipinski definition) is 2. The Bertz CT molecular complexity index is 2330. The second-order valence-electron chi connectivity index (χ2n) is 11.3. The minimum Gasteiger partial charge on any atom is -0.456 e. The van der Waals surface area contributed by atoms with Crippen LogP contribution < -0.4 is 0 Å². The number of benzene rings is 5. The van der Waals surface area contributed by atoms with E-state index >= 15 is 0 Å².